The fraction of sp³-hybridized carbons (Fsp3) is 0.462. The predicted octanol–water partition coefficient (Wildman–Crippen LogP) is 4.86. The summed E-state index contributed by atoms with van der Waals surface area (Å²) in [4.78, 5) is 10.6. The fourth-order valence-corrected chi connectivity index (χ4v) is 1.81. The van der Waals surface area contributed by atoms with Gasteiger partial charge in [0.25, 0.3) is 5.24 Å². The van der Waals surface area contributed by atoms with Crippen LogP contribution < -0.4 is 4.74 Å². The maximum absolute atomic E-state index is 10.6. The lowest BCUT2D eigenvalue weighted by atomic mass is 10.2. The average molecular weight is 356 g/mol. The quantitative estimate of drug-likeness (QED) is 0.413. The van der Waals surface area contributed by atoms with Gasteiger partial charge in [-0.25, -0.2) is 0 Å². The number of methoxy groups -OCH3 is 1. The molecule has 0 aliphatic rings. The molecule has 102 valence electrons. The van der Waals surface area contributed by atoms with Crippen molar-refractivity contribution >= 4 is 44.4 Å². The number of ether oxygens (including phenoxy) is 1. The topological polar surface area (TPSA) is 26.3 Å². The van der Waals surface area contributed by atoms with Crippen molar-refractivity contribution in [2.45, 2.75) is 19.3 Å². The summed E-state index contributed by atoms with van der Waals surface area (Å²) in [6, 6.07) is 6.70. The molecule has 0 heterocycles. The van der Waals surface area contributed by atoms with Crippen LogP contribution in [0.4, 0.5) is 0 Å². The van der Waals surface area contributed by atoms with Gasteiger partial charge in [-0.3, -0.25) is 4.79 Å². The van der Waals surface area contributed by atoms with Crippen molar-refractivity contribution in [3.63, 3.8) is 0 Å². The molecule has 0 saturated carbocycles. The van der Waals surface area contributed by atoms with Gasteiger partial charge in [0.15, 0.2) is 0 Å². The number of benzene rings is 1. The minimum absolute atomic E-state index is 0.450. The maximum Gasteiger partial charge on any atom is 0.252 e. The van der Waals surface area contributed by atoms with Gasteiger partial charge in [-0.05, 0) is 42.6 Å². The minimum Gasteiger partial charge on any atom is -0.497 e. The van der Waals surface area contributed by atoms with E-state index in [1.807, 2.05) is 0 Å². The molecule has 5 heteroatoms. The Kier molecular flexibility index (Phi) is 11.7. The molecule has 0 amide bonds. The molecule has 0 radical (unpaired) electrons. The van der Waals surface area contributed by atoms with Crippen molar-refractivity contribution < 1.29 is 9.53 Å². The zero-order valence-corrected chi connectivity index (χ0v) is 13.4. The fourth-order valence-electron chi connectivity index (χ4n) is 1.11. The SMILES string of the molecule is COc1cccc(C(=O)Cl)c1.ClCCCCCBr. The highest BCUT2D eigenvalue weighted by Crippen LogP contribution is 2.13. The second-order valence-corrected chi connectivity index (χ2v) is 4.96. The van der Waals surface area contributed by atoms with E-state index in [2.05, 4.69) is 15.9 Å². The molecule has 0 saturated heterocycles. The van der Waals surface area contributed by atoms with Crippen LogP contribution in [0.2, 0.25) is 0 Å². The van der Waals surface area contributed by atoms with Gasteiger partial charge in [-0.1, -0.05) is 28.4 Å². The lowest BCUT2D eigenvalue weighted by molar-refractivity contribution is 0.108. The van der Waals surface area contributed by atoms with Crippen molar-refractivity contribution in [3.05, 3.63) is 29.8 Å². The Morgan fingerprint density at radius 3 is 2.56 bits per heavy atom. The van der Waals surface area contributed by atoms with Crippen molar-refractivity contribution in [2.75, 3.05) is 18.3 Å². The van der Waals surface area contributed by atoms with Crippen LogP contribution in [0.15, 0.2) is 24.3 Å². The first-order chi connectivity index (χ1) is 8.65. The first kappa shape index (κ1) is 17.8. The lowest BCUT2D eigenvalue weighted by Crippen LogP contribution is -1.89. The molecular weight excluding hydrogens is 339 g/mol. The van der Waals surface area contributed by atoms with Gasteiger partial charge in [0, 0.05) is 16.8 Å². The van der Waals surface area contributed by atoms with Crippen LogP contribution >= 0.6 is 39.1 Å². The smallest absolute Gasteiger partial charge is 0.252 e. The second-order valence-electron chi connectivity index (χ2n) is 3.44. The number of rotatable bonds is 6. The van der Waals surface area contributed by atoms with E-state index < -0.39 is 5.24 Å². The van der Waals surface area contributed by atoms with Gasteiger partial charge in [0.2, 0.25) is 0 Å². The van der Waals surface area contributed by atoms with Gasteiger partial charge in [0.05, 0.1) is 7.11 Å². The highest BCUT2D eigenvalue weighted by Gasteiger charge is 2.01. The van der Waals surface area contributed by atoms with Crippen molar-refractivity contribution in [1.29, 1.82) is 0 Å². The van der Waals surface area contributed by atoms with Crippen LogP contribution in [0.1, 0.15) is 29.6 Å². The number of alkyl halides is 2. The van der Waals surface area contributed by atoms with E-state index in [0.29, 0.717) is 11.3 Å². The summed E-state index contributed by atoms with van der Waals surface area (Å²) < 4.78 is 4.89. The summed E-state index contributed by atoms with van der Waals surface area (Å²) in [6.07, 6.45) is 3.68. The third kappa shape index (κ3) is 8.78. The number of halogens is 3. The molecule has 0 aliphatic heterocycles. The number of unbranched alkanes of at least 4 members (excludes halogenated alkanes) is 2. The minimum atomic E-state index is -0.469. The van der Waals surface area contributed by atoms with Crippen LogP contribution in [-0.4, -0.2) is 23.6 Å². The molecule has 0 unspecified atom stereocenters. The van der Waals surface area contributed by atoms with Crippen molar-refractivity contribution in [2.24, 2.45) is 0 Å². The zero-order chi connectivity index (χ0) is 13.8. The van der Waals surface area contributed by atoms with Gasteiger partial charge in [-0.2, -0.15) is 0 Å². The van der Waals surface area contributed by atoms with E-state index in [4.69, 9.17) is 27.9 Å². The summed E-state index contributed by atoms with van der Waals surface area (Å²) in [5, 5.41) is 0.646. The molecule has 0 N–H and O–H groups in total. The van der Waals surface area contributed by atoms with Gasteiger partial charge in [-0.15, -0.1) is 11.6 Å². The van der Waals surface area contributed by atoms with E-state index in [9.17, 15) is 4.79 Å². The van der Waals surface area contributed by atoms with E-state index in [1.54, 1.807) is 24.3 Å². The molecule has 0 fully saturated rings. The van der Waals surface area contributed by atoms with Crippen LogP contribution in [-0.2, 0) is 0 Å². The van der Waals surface area contributed by atoms with Crippen LogP contribution in [0.3, 0.4) is 0 Å². The van der Waals surface area contributed by atoms with E-state index in [0.717, 1.165) is 17.6 Å². The van der Waals surface area contributed by atoms with Crippen LogP contribution in [0.5, 0.6) is 5.75 Å². The summed E-state index contributed by atoms with van der Waals surface area (Å²) in [5.41, 5.74) is 0.450. The normalized spacial score (nSPS) is 9.33. The largest absolute Gasteiger partial charge is 0.497 e. The summed E-state index contributed by atoms with van der Waals surface area (Å²) in [5.74, 6) is 1.45. The van der Waals surface area contributed by atoms with E-state index in [1.165, 1.54) is 20.0 Å². The summed E-state index contributed by atoms with van der Waals surface area (Å²) in [6.45, 7) is 0. The Morgan fingerprint density at radius 1 is 1.33 bits per heavy atom. The third-order valence-corrected chi connectivity index (χ3v) is 3.11. The van der Waals surface area contributed by atoms with Crippen LogP contribution in [0.25, 0.3) is 0 Å². The van der Waals surface area contributed by atoms with Gasteiger partial charge >= 0.3 is 0 Å². The number of carbonyl (C=O) groups excluding carboxylic acids is 1. The lowest BCUT2D eigenvalue weighted by Gasteiger charge is -1.98. The standard InChI is InChI=1S/C8H7ClO2.C5H10BrCl/c1-11-7-4-2-3-6(5-7)8(9)10;6-4-2-1-3-5-7/h2-5H,1H3;1-5H2. The first-order valence-corrected chi connectivity index (χ1v) is 7.65. The molecular formula is C13H17BrCl2O2. The van der Waals surface area contributed by atoms with E-state index >= 15 is 0 Å². The molecule has 1 aromatic carbocycles. The Hall–Kier alpha value is -0.250. The Bertz CT molecular complexity index is 342. The first-order valence-electron chi connectivity index (χ1n) is 5.61. The average Bonchev–Trinajstić information content (AvgIpc) is 2.40. The molecule has 2 nitrogen and oxygen atoms in total. The molecule has 0 aromatic heterocycles. The molecule has 1 rings (SSSR count). The van der Waals surface area contributed by atoms with E-state index in [-0.39, 0.29) is 0 Å². The third-order valence-electron chi connectivity index (χ3n) is 2.06. The maximum atomic E-state index is 10.6. The molecule has 1 aromatic rings. The highest BCUT2D eigenvalue weighted by molar-refractivity contribution is 9.09. The highest BCUT2D eigenvalue weighted by atomic mass is 79.9. The molecule has 0 bridgehead atoms. The molecule has 0 spiro atoms. The Balaban J connectivity index is 0.000000360. The number of hydrogen-bond acceptors (Lipinski definition) is 2. The number of hydrogen-bond donors (Lipinski definition) is 0. The molecule has 0 atom stereocenters. The molecule has 0 aliphatic carbocycles. The Labute approximate surface area is 127 Å². The summed E-state index contributed by atoms with van der Waals surface area (Å²) >= 11 is 14.0. The monoisotopic (exact) mass is 354 g/mol. The van der Waals surface area contributed by atoms with Crippen molar-refractivity contribution in [3.8, 4) is 5.75 Å². The Morgan fingerprint density at radius 2 is 2.06 bits per heavy atom. The zero-order valence-electron chi connectivity index (χ0n) is 10.3. The van der Waals surface area contributed by atoms with Crippen molar-refractivity contribution in [1.82, 2.24) is 0 Å². The van der Waals surface area contributed by atoms with Crippen LogP contribution in [0, 0.1) is 0 Å². The second kappa shape index (κ2) is 11.8. The van der Waals surface area contributed by atoms with Gasteiger partial charge < -0.3 is 4.74 Å². The predicted molar refractivity (Wildman–Crippen MR) is 81.5 cm³/mol. The molecule has 18 heavy (non-hydrogen) atoms. The number of carbonyl (C=O) groups is 1. The van der Waals surface area contributed by atoms with Gasteiger partial charge in [0.1, 0.15) is 5.75 Å². The summed E-state index contributed by atoms with van der Waals surface area (Å²) in [7, 11) is 1.54.